The van der Waals surface area contributed by atoms with E-state index in [9.17, 15) is 18.0 Å². The van der Waals surface area contributed by atoms with Gasteiger partial charge in [-0.3, -0.25) is 4.79 Å². The van der Waals surface area contributed by atoms with Gasteiger partial charge in [-0.15, -0.1) is 0 Å². The van der Waals surface area contributed by atoms with E-state index < -0.39 is 12.8 Å². The monoisotopic (exact) mass is 514 g/mol. The molecule has 1 aromatic heterocycles. The van der Waals surface area contributed by atoms with Crippen LogP contribution in [0.25, 0.3) is 17.0 Å². The van der Waals surface area contributed by atoms with Crippen LogP contribution in [0.2, 0.25) is 0 Å². The number of hydrogen-bond acceptors (Lipinski definition) is 6. The molecule has 0 saturated heterocycles. The number of aromatic nitrogens is 2. The Labute approximate surface area is 213 Å². The Kier molecular flexibility index (Phi) is 8.15. The minimum absolute atomic E-state index is 0.0600. The van der Waals surface area contributed by atoms with Gasteiger partial charge in [-0.25, -0.2) is 9.97 Å². The molecule has 2 unspecified atom stereocenters. The second-order valence-corrected chi connectivity index (χ2v) is 9.20. The summed E-state index contributed by atoms with van der Waals surface area (Å²) in [7, 11) is 1.35. The molecular formula is C27H29F3N4O3. The summed E-state index contributed by atoms with van der Waals surface area (Å²) in [5, 5.41) is 6.83. The van der Waals surface area contributed by atoms with E-state index in [1.54, 1.807) is 12.2 Å². The van der Waals surface area contributed by atoms with Crippen molar-refractivity contribution in [3.63, 3.8) is 0 Å². The summed E-state index contributed by atoms with van der Waals surface area (Å²) >= 11 is 0. The fourth-order valence-corrected chi connectivity index (χ4v) is 4.40. The Morgan fingerprint density at radius 3 is 2.62 bits per heavy atom. The van der Waals surface area contributed by atoms with Crippen molar-refractivity contribution < 1.29 is 27.4 Å². The van der Waals surface area contributed by atoms with Gasteiger partial charge in [0.25, 0.3) is 0 Å². The van der Waals surface area contributed by atoms with E-state index in [0.29, 0.717) is 22.6 Å². The highest BCUT2D eigenvalue weighted by Crippen LogP contribution is 2.35. The fourth-order valence-electron chi connectivity index (χ4n) is 4.40. The standard InChI is InChI=1S/C27H29F3N4O3/c1-17-4-3-5-20(12-17)33-25(35)11-8-18-6-9-19(10-7-18)34-26-21-13-23(36-2)24(37-15-27(28,29)30)14-22(21)31-16-32-26/h6-11,13-14,16-17,20H,3-5,12,15H2,1-2H3,(H,33,35)(H,31,32,34)/b11-8+. The summed E-state index contributed by atoms with van der Waals surface area (Å²) in [6.07, 6.45) is 4.56. The van der Waals surface area contributed by atoms with Crippen molar-refractivity contribution in [1.29, 1.82) is 0 Å². The summed E-state index contributed by atoms with van der Waals surface area (Å²) in [6.45, 7) is 0.780. The highest BCUT2D eigenvalue weighted by molar-refractivity contribution is 5.93. The molecule has 1 amide bonds. The van der Waals surface area contributed by atoms with Gasteiger partial charge < -0.3 is 20.1 Å². The third-order valence-corrected chi connectivity index (χ3v) is 6.20. The van der Waals surface area contributed by atoms with E-state index in [-0.39, 0.29) is 23.4 Å². The summed E-state index contributed by atoms with van der Waals surface area (Å²) in [4.78, 5) is 20.7. The molecule has 2 N–H and O–H groups in total. The predicted octanol–water partition coefficient (Wildman–Crippen LogP) is 6.03. The highest BCUT2D eigenvalue weighted by Gasteiger charge is 2.29. The molecule has 2 aromatic carbocycles. The maximum atomic E-state index is 12.6. The molecule has 3 aromatic rings. The molecule has 1 fully saturated rings. The minimum atomic E-state index is -4.47. The first-order valence-corrected chi connectivity index (χ1v) is 12.1. The molecule has 1 aliphatic carbocycles. The molecule has 1 aliphatic rings. The first kappa shape index (κ1) is 26.2. The van der Waals surface area contributed by atoms with Crippen LogP contribution in [0.15, 0.2) is 48.8 Å². The normalized spacial score (nSPS) is 18.1. The Hall–Kier alpha value is -3.82. The van der Waals surface area contributed by atoms with Crippen molar-refractivity contribution >= 4 is 34.4 Å². The van der Waals surface area contributed by atoms with Gasteiger partial charge >= 0.3 is 6.18 Å². The number of fused-ring (bicyclic) bond motifs is 1. The Bertz CT molecular complexity index is 1260. The summed E-state index contributed by atoms with van der Waals surface area (Å²) in [5.41, 5.74) is 1.99. The maximum Gasteiger partial charge on any atom is 0.422 e. The Morgan fingerprint density at radius 1 is 1.14 bits per heavy atom. The smallest absolute Gasteiger partial charge is 0.422 e. The minimum Gasteiger partial charge on any atom is -0.493 e. The number of benzene rings is 2. The average molecular weight is 515 g/mol. The number of rotatable bonds is 8. The average Bonchev–Trinajstić information content (AvgIpc) is 2.86. The van der Waals surface area contributed by atoms with Crippen molar-refractivity contribution in [3.8, 4) is 11.5 Å². The summed E-state index contributed by atoms with van der Waals surface area (Å²) < 4.78 is 47.9. The number of alkyl halides is 3. The molecular weight excluding hydrogens is 485 g/mol. The number of anilines is 2. The van der Waals surface area contributed by atoms with Crippen molar-refractivity contribution in [2.24, 2.45) is 5.92 Å². The van der Waals surface area contributed by atoms with E-state index in [0.717, 1.165) is 30.5 Å². The number of carbonyl (C=O) groups excluding carboxylic acids is 1. The van der Waals surface area contributed by atoms with Crippen LogP contribution in [0.3, 0.4) is 0 Å². The van der Waals surface area contributed by atoms with Crippen molar-refractivity contribution in [1.82, 2.24) is 15.3 Å². The topological polar surface area (TPSA) is 85.4 Å². The molecule has 7 nitrogen and oxygen atoms in total. The molecule has 0 radical (unpaired) electrons. The van der Waals surface area contributed by atoms with Gasteiger partial charge in [0.15, 0.2) is 18.1 Å². The SMILES string of the molecule is COc1cc2c(Nc3ccc(/C=C/C(=O)NC4CCCC(C)C4)cc3)ncnc2cc1OCC(F)(F)F. The van der Waals surface area contributed by atoms with Gasteiger partial charge in [0.2, 0.25) is 5.91 Å². The second kappa shape index (κ2) is 11.5. The number of amides is 1. The van der Waals surface area contributed by atoms with Crippen molar-refractivity contribution in [2.45, 2.75) is 44.8 Å². The number of halogens is 3. The van der Waals surface area contributed by atoms with Crippen LogP contribution in [-0.2, 0) is 4.79 Å². The van der Waals surface area contributed by atoms with Crippen LogP contribution in [0.4, 0.5) is 24.7 Å². The van der Waals surface area contributed by atoms with E-state index in [1.165, 1.54) is 32.0 Å². The van der Waals surface area contributed by atoms with Gasteiger partial charge in [-0.1, -0.05) is 31.9 Å². The van der Waals surface area contributed by atoms with Gasteiger partial charge in [0.1, 0.15) is 12.1 Å². The van der Waals surface area contributed by atoms with E-state index >= 15 is 0 Å². The molecule has 0 spiro atoms. The molecule has 10 heteroatoms. The molecule has 1 heterocycles. The van der Waals surface area contributed by atoms with Crippen LogP contribution in [0.5, 0.6) is 11.5 Å². The quantitative estimate of drug-likeness (QED) is 0.357. The number of carbonyl (C=O) groups is 1. The molecule has 2 atom stereocenters. The van der Waals surface area contributed by atoms with Gasteiger partial charge in [-0.2, -0.15) is 13.2 Å². The highest BCUT2D eigenvalue weighted by atomic mass is 19.4. The first-order valence-electron chi connectivity index (χ1n) is 12.1. The number of hydrogen-bond donors (Lipinski definition) is 2. The van der Waals surface area contributed by atoms with Crippen LogP contribution in [-0.4, -0.2) is 41.8 Å². The lowest BCUT2D eigenvalue weighted by atomic mass is 9.87. The molecule has 1 saturated carbocycles. The fraction of sp³-hybridized carbons (Fsp3) is 0.370. The number of nitrogens with one attached hydrogen (secondary N) is 2. The maximum absolute atomic E-state index is 12.6. The predicted molar refractivity (Wildman–Crippen MR) is 136 cm³/mol. The van der Waals surface area contributed by atoms with Crippen molar-refractivity contribution in [3.05, 3.63) is 54.4 Å². The molecule has 0 aliphatic heterocycles. The van der Waals surface area contributed by atoms with Crippen LogP contribution < -0.4 is 20.1 Å². The van der Waals surface area contributed by atoms with E-state index in [1.807, 2.05) is 24.3 Å². The Balaban J connectivity index is 1.43. The lowest BCUT2D eigenvalue weighted by molar-refractivity contribution is -0.153. The van der Waals surface area contributed by atoms with Crippen LogP contribution in [0.1, 0.15) is 38.2 Å². The number of ether oxygens (including phenoxy) is 2. The van der Waals surface area contributed by atoms with Crippen LogP contribution in [0, 0.1) is 5.92 Å². The number of nitrogens with zero attached hydrogens (tertiary/aromatic N) is 2. The lowest BCUT2D eigenvalue weighted by Gasteiger charge is -2.26. The van der Waals surface area contributed by atoms with Crippen molar-refractivity contribution in [2.75, 3.05) is 19.0 Å². The zero-order chi connectivity index (χ0) is 26.4. The van der Waals surface area contributed by atoms with Gasteiger partial charge in [-0.05, 0) is 48.6 Å². The molecule has 196 valence electrons. The second-order valence-electron chi connectivity index (χ2n) is 9.20. The van der Waals surface area contributed by atoms with E-state index in [4.69, 9.17) is 9.47 Å². The molecule has 0 bridgehead atoms. The summed E-state index contributed by atoms with van der Waals surface area (Å²) in [6, 6.07) is 10.6. The molecule has 37 heavy (non-hydrogen) atoms. The van der Waals surface area contributed by atoms with Gasteiger partial charge in [0, 0.05) is 29.3 Å². The molecule has 4 rings (SSSR count). The third-order valence-electron chi connectivity index (χ3n) is 6.20. The zero-order valence-corrected chi connectivity index (χ0v) is 20.6. The largest absolute Gasteiger partial charge is 0.493 e. The zero-order valence-electron chi connectivity index (χ0n) is 20.6. The Morgan fingerprint density at radius 2 is 1.92 bits per heavy atom. The van der Waals surface area contributed by atoms with Gasteiger partial charge in [0.05, 0.1) is 12.6 Å². The lowest BCUT2D eigenvalue weighted by Crippen LogP contribution is -2.36. The van der Waals surface area contributed by atoms with E-state index in [2.05, 4.69) is 27.5 Å². The number of methoxy groups -OCH3 is 1. The summed E-state index contributed by atoms with van der Waals surface area (Å²) in [5.74, 6) is 1.07. The first-order chi connectivity index (χ1) is 17.7. The van der Waals surface area contributed by atoms with Crippen LogP contribution >= 0.6 is 0 Å². The third kappa shape index (κ3) is 7.34.